The van der Waals surface area contributed by atoms with Crippen LogP contribution in [-0.2, 0) is 19.8 Å². The molecule has 0 N–H and O–H groups in total. The van der Waals surface area contributed by atoms with Gasteiger partial charge < -0.3 is 4.90 Å². The van der Waals surface area contributed by atoms with Crippen LogP contribution in [0, 0.1) is 5.92 Å². The van der Waals surface area contributed by atoms with E-state index in [4.69, 9.17) is 0 Å². The first-order valence-electron chi connectivity index (χ1n) is 12.4. The molecule has 2 aliphatic carbocycles. The van der Waals surface area contributed by atoms with Crippen molar-refractivity contribution in [2.45, 2.75) is 68.9 Å². The van der Waals surface area contributed by atoms with Gasteiger partial charge in [-0.2, -0.15) is 0 Å². The Bertz CT molecular complexity index is 1090. The van der Waals surface area contributed by atoms with Crippen molar-refractivity contribution in [2.75, 3.05) is 6.54 Å². The normalized spacial score (nSPS) is 29.1. The molecule has 3 unspecified atom stereocenters. The van der Waals surface area contributed by atoms with E-state index in [1.165, 1.54) is 17.7 Å². The maximum Gasteiger partial charge on any atom is 0.241 e. The summed E-state index contributed by atoms with van der Waals surface area (Å²) >= 11 is 0. The Kier molecular flexibility index (Phi) is 4.89. The summed E-state index contributed by atoms with van der Waals surface area (Å²) in [6.07, 6.45) is 6.47. The van der Waals surface area contributed by atoms with Crippen LogP contribution in [-0.4, -0.2) is 46.1 Å². The number of imide groups is 1. The largest absolute Gasteiger partial charge is 0.339 e. The molecule has 2 aliphatic heterocycles. The van der Waals surface area contributed by atoms with Gasteiger partial charge in [0.2, 0.25) is 17.7 Å². The van der Waals surface area contributed by atoms with Gasteiger partial charge in [0.1, 0.15) is 0 Å². The lowest BCUT2D eigenvalue weighted by molar-refractivity contribution is -0.143. The number of hydrogen-bond donors (Lipinski definition) is 0. The molecule has 3 atom stereocenters. The average Bonchev–Trinajstić information content (AvgIpc) is 3.58. The van der Waals surface area contributed by atoms with E-state index in [2.05, 4.69) is 12.1 Å². The van der Waals surface area contributed by atoms with E-state index >= 15 is 0 Å². The van der Waals surface area contributed by atoms with Crippen LogP contribution in [0.1, 0.15) is 56.9 Å². The summed E-state index contributed by atoms with van der Waals surface area (Å²) < 4.78 is 0. The molecule has 0 aromatic heterocycles. The standard InChI is InChI=1S/C28H30N2O3/c31-25(29-18-19-5-4-8-24(29)15-19)16-28(17-26(32)30(27(28)33)23-13-14-23)22-11-9-21(10-12-22)20-6-2-1-3-7-20/h1-3,6-7,9-12,19,23-24H,4-5,8,13-18H2. The first kappa shape index (κ1) is 20.6. The summed E-state index contributed by atoms with van der Waals surface area (Å²) in [7, 11) is 0. The van der Waals surface area contributed by atoms with Crippen LogP contribution in [0.3, 0.4) is 0 Å². The van der Waals surface area contributed by atoms with Crippen LogP contribution in [0.25, 0.3) is 11.1 Å². The van der Waals surface area contributed by atoms with Crippen molar-refractivity contribution in [3.05, 3.63) is 60.2 Å². The quantitative estimate of drug-likeness (QED) is 0.649. The number of carbonyl (C=O) groups is 3. The van der Waals surface area contributed by atoms with E-state index in [0.29, 0.717) is 12.0 Å². The van der Waals surface area contributed by atoms with Crippen LogP contribution in [0.2, 0.25) is 0 Å². The van der Waals surface area contributed by atoms with Crippen LogP contribution in [0.15, 0.2) is 54.6 Å². The molecule has 5 nitrogen and oxygen atoms in total. The lowest BCUT2D eigenvalue weighted by atomic mass is 9.75. The number of rotatable bonds is 5. The highest BCUT2D eigenvalue weighted by molar-refractivity contribution is 6.11. The molecule has 5 heteroatoms. The monoisotopic (exact) mass is 442 g/mol. The fraction of sp³-hybridized carbons (Fsp3) is 0.464. The molecular formula is C28H30N2O3. The molecule has 2 bridgehead atoms. The van der Waals surface area contributed by atoms with Crippen LogP contribution < -0.4 is 0 Å². The van der Waals surface area contributed by atoms with Gasteiger partial charge in [0.25, 0.3) is 0 Å². The van der Waals surface area contributed by atoms with E-state index in [9.17, 15) is 14.4 Å². The summed E-state index contributed by atoms with van der Waals surface area (Å²) in [4.78, 5) is 43.9. The van der Waals surface area contributed by atoms with E-state index in [0.717, 1.165) is 48.9 Å². The third-order valence-electron chi connectivity index (χ3n) is 8.23. The van der Waals surface area contributed by atoms with Crippen molar-refractivity contribution in [1.82, 2.24) is 9.80 Å². The lowest BCUT2D eigenvalue weighted by Crippen LogP contribution is -2.45. The second-order valence-corrected chi connectivity index (χ2v) is 10.4. The molecule has 2 aromatic rings. The van der Waals surface area contributed by atoms with Gasteiger partial charge in [-0.15, -0.1) is 0 Å². The second-order valence-electron chi connectivity index (χ2n) is 10.4. The third-order valence-corrected chi connectivity index (χ3v) is 8.23. The van der Waals surface area contributed by atoms with Gasteiger partial charge in [-0.05, 0) is 54.7 Å². The van der Waals surface area contributed by atoms with Crippen molar-refractivity contribution in [3.8, 4) is 11.1 Å². The summed E-state index contributed by atoms with van der Waals surface area (Å²) in [5, 5.41) is 0. The Morgan fingerprint density at radius 2 is 1.61 bits per heavy atom. The van der Waals surface area contributed by atoms with Crippen LogP contribution >= 0.6 is 0 Å². The lowest BCUT2D eigenvalue weighted by Gasteiger charge is -2.31. The summed E-state index contributed by atoms with van der Waals surface area (Å²) in [5.74, 6) is 0.341. The van der Waals surface area contributed by atoms with Gasteiger partial charge in [-0.3, -0.25) is 19.3 Å². The number of fused-ring (bicyclic) bond motifs is 2. The Morgan fingerprint density at radius 3 is 2.30 bits per heavy atom. The first-order chi connectivity index (χ1) is 16.0. The highest BCUT2D eigenvalue weighted by Gasteiger charge is 2.57. The molecule has 3 amide bonds. The molecular weight excluding hydrogens is 412 g/mol. The topological polar surface area (TPSA) is 57.7 Å². The van der Waals surface area contributed by atoms with Crippen LogP contribution in [0.4, 0.5) is 0 Å². The Labute approximate surface area is 194 Å². The maximum absolute atomic E-state index is 13.8. The Morgan fingerprint density at radius 1 is 0.879 bits per heavy atom. The van der Waals surface area contributed by atoms with E-state index in [1.807, 2.05) is 47.4 Å². The second kappa shape index (κ2) is 7.82. The fourth-order valence-electron chi connectivity index (χ4n) is 6.35. The molecule has 4 fully saturated rings. The Balaban J connectivity index is 1.34. The van der Waals surface area contributed by atoms with Gasteiger partial charge in [-0.25, -0.2) is 0 Å². The van der Waals surface area contributed by atoms with Crippen molar-refractivity contribution >= 4 is 17.7 Å². The highest BCUT2D eigenvalue weighted by atomic mass is 16.2. The summed E-state index contributed by atoms with van der Waals surface area (Å²) in [6.45, 7) is 0.807. The fourth-order valence-corrected chi connectivity index (χ4v) is 6.35. The number of nitrogens with zero attached hydrogens (tertiary/aromatic N) is 2. The first-order valence-corrected chi connectivity index (χ1v) is 12.4. The number of carbonyl (C=O) groups excluding carboxylic acids is 3. The minimum atomic E-state index is -1.08. The molecule has 2 saturated heterocycles. The van der Waals surface area contributed by atoms with Gasteiger partial charge >= 0.3 is 0 Å². The number of benzene rings is 2. The molecule has 170 valence electrons. The van der Waals surface area contributed by atoms with E-state index in [1.54, 1.807) is 0 Å². The van der Waals surface area contributed by atoms with Gasteiger partial charge in [-0.1, -0.05) is 61.0 Å². The smallest absolute Gasteiger partial charge is 0.241 e. The number of amides is 3. The van der Waals surface area contributed by atoms with Gasteiger partial charge in [0.05, 0.1) is 5.41 Å². The molecule has 2 saturated carbocycles. The van der Waals surface area contributed by atoms with Gasteiger partial charge in [0.15, 0.2) is 0 Å². The van der Waals surface area contributed by atoms with Crippen molar-refractivity contribution in [2.24, 2.45) is 5.92 Å². The molecule has 6 rings (SSSR count). The molecule has 0 spiro atoms. The molecule has 2 aromatic carbocycles. The van der Waals surface area contributed by atoms with E-state index < -0.39 is 5.41 Å². The molecule has 2 heterocycles. The minimum absolute atomic E-state index is 0.0246. The molecule has 4 aliphatic rings. The predicted molar refractivity (Wildman–Crippen MR) is 125 cm³/mol. The molecule has 0 radical (unpaired) electrons. The summed E-state index contributed by atoms with van der Waals surface area (Å²) in [5.41, 5.74) is 1.87. The minimum Gasteiger partial charge on any atom is -0.339 e. The zero-order chi connectivity index (χ0) is 22.6. The van der Waals surface area contributed by atoms with E-state index in [-0.39, 0.29) is 36.6 Å². The summed E-state index contributed by atoms with van der Waals surface area (Å²) in [6, 6.07) is 18.4. The van der Waals surface area contributed by atoms with Crippen molar-refractivity contribution in [1.29, 1.82) is 0 Å². The highest BCUT2D eigenvalue weighted by Crippen LogP contribution is 2.46. The average molecular weight is 443 g/mol. The SMILES string of the molecule is O=C(CC1(c2ccc(-c3ccccc3)cc2)CC(=O)N(C2CC2)C1=O)N1CC2CCCC1C2. The number of hydrogen-bond acceptors (Lipinski definition) is 3. The maximum atomic E-state index is 13.8. The predicted octanol–water partition coefficient (Wildman–Crippen LogP) is 4.30. The van der Waals surface area contributed by atoms with Crippen molar-refractivity contribution < 1.29 is 14.4 Å². The zero-order valence-electron chi connectivity index (χ0n) is 18.9. The van der Waals surface area contributed by atoms with Crippen molar-refractivity contribution in [3.63, 3.8) is 0 Å². The van der Waals surface area contributed by atoms with Crippen LogP contribution in [0.5, 0.6) is 0 Å². The molecule has 33 heavy (non-hydrogen) atoms. The Hall–Kier alpha value is -2.95. The van der Waals surface area contributed by atoms with Gasteiger partial charge in [0, 0.05) is 31.5 Å². The zero-order valence-corrected chi connectivity index (χ0v) is 18.9. The third kappa shape index (κ3) is 3.49. The number of likely N-dealkylation sites (tertiary alicyclic amines) is 2.